The molecule has 90 valence electrons. The van der Waals surface area contributed by atoms with Crippen LogP contribution in [0.2, 0.25) is 0 Å². The molecule has 0 amide bonds. The Hall–Kier alpha value is -0.120. The fourth-order valence-electron chi connectivity index (χ4n) is 2.87. The van der Waals surface area contributed by atoms with Gasteiger partial charge in [0.15, 0.2) is 0 Å². The van der Waals surface area contributed by atoms with Crippen LogP contribution in [0.1, 0.15) is 39.5 Å². The molecule has 0 heterocycles. The third kappa shape index (κ3) is 2.92. The standard InChI is InChI=1S/C12H27N3/c1-3-15(4-2)10-12(11(14)9-13)7-5-6-8-12/h11H,3-10,13-14H2,1-2H3. The van der Waals surface area contributed by atoms with Crippen molar-refractivity contribution in [1.29, 1.82) is 0 Å². The van der Waals surface area contributed by atoms with Crippen molar-refractivity contribution < 1.29 is 0 Å². The van der Waals surface area contributed by atoms with Gasteiger partial charge < -0.3 is 16.4 Å². The van der Waals surface area contributed by atoms with Crippen LogP contribution >= 0.6 is 0 Å². The van der Waals surface area contributed by atoms with Crippen molar-refractivity contribution in [3.8, 4) is 0 Å². The highest BCUT2D eigenvalue weighted by Gasteiger charge is 2.39. The molecule has 0 saturated heterocycles. The highest BCUT2D eigenvalue weighted by atomic mass is 15.1. The molecule has 0 aromatic rings. The lowest BCUT2D eigenvalue weighted by atomic mass is 9.78. The minimum absolute atomic E-state index is 0.181. The first kappa shape index (κ1) is 12.9. The van der Waals surface area contributed by atoms with Crippen LogP contribution in [0.15, 0.2) is 0 Å². The summed E-state index contributed by atoms with van der Waals surface area (Å²) < 4.78 is 0. The molecule has 3 heteroatoms. The van der Waals surface area contributed by atoms with E-state index in [-0.39, 0.29) is 6.04 Å². The predicted molar refractivity (Wildman–Crippen MR) is 65.7 cm³/mol. The van der Waals surface area contributed by atoms with Crippen molar-refractivity contribution in [2.75, 3.05) is 26.2 Å². The van der Waals surface area contributed by atoms with Gasteiger partial charge in [-0.2, -0.15) is 0 Å². The lowest BCUT2D eigenvalue weighted by Gasteiger charge is -2.38. The highest BCUT2D eigenvalue weighted by Crippen LogP contribution is 2.40. The van der Waals surface area contributed by atoms with Gasteiger partial charge in [-0.3, -0.25) is 0 Å². The second kappa shape index (κ2) is 5.83. The average molecular weight is 213 g/mol. The van der Waals surface area contributed by atoms with Gasteiger partial charge in [0.1, 0.15) is 0 Å². The summed E-state index contributed by atoms with van der Waals surface area (Å²) in [5.74, 6) is 0. The summed E-state index contributed by atoms with van der Waals surface area (Å²) in [7, 11) is 0. The quantitative estimate of drug-likeness (QED) is 0.696. The Morgan fingerprint density at radius 2 is 1.73 bits per heavy atom. The van der Waals surface area contributed by atoms with E-state index in [1.807, 2.05) is 0 Å². The predicted octanol–water partition coefficient (Wildman–Crippen LogP) is 1.17. The molecule has 1 atom stereocenters. The molecule has 1 aliphatic carbocycles. The molecule has 0 spiro atoms. The normalized spacial score (nSPS) is 22.2. The zero-order chi connectivity index (χ0) is 11.3. The van der Waals surface area contributed by atoms with Crippen molar-refractivity contribution in [2.45, 2.75) is 45.6 Å². The van der Waals surface area contributed by atoms with Gasteiger partial charge in [0.2, 0.25) is 0 Å². The Kier molecular flexibility index (Phi) is 5.03. The maximum absolute atomic E-state index is 6.22. The second-order valence-electron chi connectivity index (χ2n) is 4.87. The third-order valence-corrected chi connectivity index (χ3v) is 4.07. The molecule has 1 unspecified atom stereocenters. The zero-order valence-corrected chi connectivity index (χ0v) is 10.3. The molecule has 0 aromatic heterocycles. The van der Waals surface area contributed by atoms with Gasteiger partial charge in [0, 0.05) is 19.1 Å². The van der Waals surface area contributed by atoms with E-state index in [1.165, 1.54) is 25.7 Å². The van der Waals surface area contributed by atoms with E-state index in [0.717, 1.165) is 19.6 Å². The van der Waals surface area contributed by atoms with Crippen LogP contribution < -0.4 is 11.5 Å². The Morgan fingerprint density at radius 1 is 1.20 bits per heavy atom. The van der Waals surface area contributed by atoms with E-state index in [4.69, 9.17) is 11.5 Å². The number of nitrogens with zero attached hydrogens (tertiary/aromatic N) is 1. The Balaban J connectivity index is 2.64. The Labute approximate surface area is 94.2 Å². The molecule has 0 radical (unpaired) electrons. The first-order valence-corrected chi connectivity index (χ1v) is 6.36. The maximum atomic E-state index is 6.22. The largest absolute Gasteiger partial charge is 0.329 e. The molecular formula is C12H27N3. The van der Waals surface area contributed by atoms with Crippen LogP contribution in [0.4, 0.5) is 0 Å². The van der Waals surface area contributed by atoms with Gasteiger partial charge in [-0.15, -0.1) is 0 Å². The molecular weight excluding hydrogens is 186 g/mol. The van der Waals surface area contributed by atoms with E-state index in [2.05, 4.69) is 18.7 Å². The molecule has 3 nitrogen and oxygen atoms in total. The highest BCUT2D eigenvalue weighted by molar-refractivity contribution is 4.95. The molecule has 1 fully saturated rings. The number of hydrogen-bond acceptors (Lipinski definition) is 3. The summed E-state index contributed by atoms with van der Waals surface area (Å²) >= 11 is 0. The lowest BCUT2D eigenvalue weighted by Crippen LogP contribution is -2.51. The van der Waals surface area contributed by atoms with Crippen molar-refractivity contribution in [1.82, 2.24) is 4.90 Å². The second-order valence-corrected chi connectivity index (χ2v) is 4.87. The molecule has 0 aromatic carbocycles. The van der Waals surface area contributed by atoms with Crippen LogP contribution in [-0.2, 0) is 0 Å². The Bertz CT molecular complexity index is 172. The van der Waals surface area contributed by atoms with Crippen LogP contribution in [0.5, 0.6) is 0 Å². The molecule has 0 bridgehead atoms. The molecule has 1 saturated carbocycles. The summed E-state index contributed by atoms with van der Waals surface area (Å²) in [5.41, 5.74) is 12.3. The summed E-state index contributed by atoms with van der Waals surface area (Å²) in [6.07, 6.45) is 5.19. The van der Waals surface area contributed by atoms with Gasteiger partial charge in [-0.25, -0.2) is 0 Å². The molecule has 1 aliphatic rings. The summed E-state index contributed by atoms with van der Waals surface area (Å²) in [6.45, 7) is 8.45. The van der Waals surface area contributed by atoms with E-state index in [0.29, 0.717) is 12.0 Å². The monoisotopic (exact) mass is 213 g/mol. The van der Waals surface area contributed by atoms with Gasteiger partial charge in [0.05, 0.1) is 0 Å². The van der Waals surface area contributed by atoms with Crippen LogP contribution in [0, 0.1) is 5.41 Å². The fraction of sp³-hybridized carbons (Fsp3) is 1.00. The third-order valence-electron chi connectivity index (χ3n) is 4.07. The SMILES string of the molecule is CCN(CC)CC1(C(N)CN)CCCC1. The Morgan fingerprint density at radius 3 is 2.13 bits per heavy atom. The number of rotatable bonds is 6. The lowest BCUT2D eigenvalue weighted by molar-refractivity contribution is 0.135. The fourth-order valence-corrected chi connectivity index (χ4v) is 2.87. The molecule has 15 heavy (non-hydrogen) atoms. The van der Waals surface area contributed by atoms with Crippen LogP contribution in [-0.4, -0.2) is 37.1 Å². The van der Waals surface area contributed by atoms with Crippen LogP contribution in [0.3, 0.4) is 0 Å². The number of hydrogen-bond donors (Lipinski definition) is 2. The summed E-state index contributed by atoms with van der Waals surface area (Å²) in [4.78, 5) is 2.49. The van der Waals surface area contributed by atoms with E-state index in [9.17, 15) is 0 Å². The minimum atomic E-state index is 0.181. The van der Waals surface area contributed by atoms with Crippen molar-refractivity contribution in [2.24, 2.45) is 16.9 Å². The molecule has 4 N–H and O–H groups in total. The van der Waals surface area contributed by atoms with E-state index < -0.39 is 0 Å². The van der Waals surface area contributed by atoms with E-state index >= 15 is 0 Å². The van der Waals surface area contributed by atoms with Crippen molar-refractivity contribution >= 4 is 0 Å². The van der Waals surface area contributed by atoms with Crippen molar-refractivity contribution in [3.63, 3.8) is 0 Å². The zero-order valence-electron chi connectivity index (χ0n) is 10.3. The van der Waals surface area contributed by atoms with Crippen LogP contribution in [0.25, 0.3) is 0 Å². The van der Waals surface area contributed by atoms with Gasteiger partial charge >= 0.3 is 0 Å². The minimum Gasteiger partial charge on any atom is -0.329 e. The first-order chi connectivity index (χ1) is 7.18. The number of nitrogens with two attached hydrogens (primary N) is 2. The molecule has 1 rings (SSSR count). The summed E-state index contributed by atoms with van der Waals surface area (Å²) in [6, 6.07) is 0.181. The summed E-state index contributed by atoms with van der Waals surface area (Å²) in [5, 5.41) is 0. The van der Waals surface area contributed by atoms with Gasteiger partial charge in [-0.05, 0) is 31.3 Å². The maximum Gasteiger partial charge on any atom is 0.0232 e. The van der Waals surface area contributed by atoms with Gasteiger partial charge in [0.25, 0.3) is 0 Å². The van der Waals surface area contributed by atoms with Gasteiger partial charge in [-0.1, -0.05) is 26.7 Å². The van der Waals surface area contributed by atoms with E-state index in [1.54, 1.807) is 0 Å². The average Bonchev–Trinajstić information content (AvgIpc) is 2.74. The smallest absolute Gasteiger partial charge is 0.0232 e. The topological polar surface area (TPSA) is 55.3 Å². The van der Waals surface area contributed by atoms with Crippen molar-refractivity contribution in [3.05, 3.63) is 0 Å². The molecule has 0 aliphatic heterocycles. The first-order valence-electron chi connectivity index (χ1n) is 6.36.